The number of rotatable bonds is 7. The number of ether oxygens (including phenoxy) is 1. The van der Waals surface area contributed by atoms with Crippen molar-refractivity contribution in [1.82, 2.24) is 14.7 Å². The summed E-state index contributed by atoms with van der Waals surface area (Å²) >= 11 is 0. The van der Waals surface area contributed by atoms with Crippen LogP contribution in [-0.2, 0) is 6.54 Å². The van der Waals surface area contributed by atoms with E-state index in [0.717, 1.165) is 58.8 Å². The molecule has 2 fully saturated rings. The molecule has 0 aliphatic carbocycles. The number of piperazine rings is 1. The number of aliphatic hydroxyl groups is 1. The number of halogens is 1. The number of alkyl halides is 1. The third kappa shape index (κ3) is 5.38. The van der Waals surface area contributed by atoms with Crippen LogP contribution in [0.5, 0.6) is 5.75 Å². The summed E-state index contributed by atoms with van der Waals surface area (Å²) < 4.78 is 17.4. The predicted molar refractivity (Wildman–Crippen MR) is 96.7 cm³/mol. The van der Waals surface area contributed by atoms with Crippen LogP contribution in [-0.4, -0.2) is 91.5 Å². The standard InChI is InChI=1S/C19H30FN3O2/c1-21-9-11-22(12-10-21)15-19(24)6-8-23(16-19)14-17-2-4-18(5-3-17)25-13-7-20/h2-5,24H,6-16H2,1H3/t19-/m1/s1. The van der Waals surface area contributed by atoms with Gasteiger partial charge in [-0.3, -0.25) is 9.80 Å². The summed E-state index contributed by atoms with van der Waals surface area (Å²) in [5, 5.41) is 10.9. The SMILES string of the molecule is CN1CCN(C[C@]2(O)CCN(Cc3ccc(OCCF)cc3)C2)CC1. The Morgan fingerprint density at radius 3 is 2.48 bits per heavy atom. The summed E-state index contributed by atoms with van der Waals surface area (Å²) in [6, 6.07) is 7.81. The minimum atomic E-state index is -0.597. The maximum absolute atomic E-state index is 12.1. The summed E-state index contributed by atoms with van der Waals surface area (Å²) in [6.45, 7) is 7.11. The van der Waals surface area contributed by atoms with E-state index in [9.17, 15) is 9.50 Å². The lowest BCUT2D eigenvalue weighted by Crippen LogP contribution is -2.51. The number of likely N-dealkylation sites (tertiary alicyclic amines) is 1. The van der Waals surface area contributed by atoms with Crippen LogP contribution in [0.25, 0.3) is 0 Å². The Morgan fingerprint density at radius 2 is 1.80 bits per heavy atom. The summed E-state index contributed by atoms with van der Waals surface area (Å²) in [4.78, 5) is 7.04. The zero-order valence-electron chi connectivity index (χ0n) is 15.2. The number of likely N-dealkylation sites (N-methyl/N-ethyl adjacent to an activating group) is 1. The van der Waals surface area contributed by atoms with Crippen molar-refractivity contribution < 1.29 is 14.2 Å². The molecule has 0 bridgehead atoms. The van der Waals surface area contributed by atoms with Gasteiger partial charge in [0.05, 0.1) is 5.60 Å². The van der Waals surface area contributed by atoms with Crippen LogP contribution in [0.4, 0.5) is 4.39 Å². The van der Waals surface area contributed by atoms with E-state index in [4.69, 9.17) is 4.74 Å². The Kier molecular flexibility index (Phi) is 6.28. The van der Waals surface area contributed by atoms with Crippen molar-refractivity contribution in [3.05, 3.63) is 29.8 Å². The van der Waals surface area contributed by atoms with Gasteiger partial charge < -0.3 is 14.7 Å². The summed E-state index contributed by atoms with van der Waals surface area (Å²) in [6.07, 6.45) is 0.830. The highest BCUT2D eigenvalue weighted by atomic mass is 19.1. The smallest absolute Gasteiger partial charge is 0.123 e. The van der Waals surface area contributed by atoms with Gasteiger partial charge in [-0.15, -0.1) is 0 Å². The predicted octanol–water partition coefficient (Wildman–Crippen LogP) is 1.22. The molecule has 0 saturated carbocycles. The molecule has 0 aromatic heterocycles. The maximum Gasteiger partial charge on any atom is 0.123 e. The Labute approximate surface area is 150 Å². The Morgan fingerprint density at radius 1 is 1.08 bits per heavy atom. The van der Waals surface area contributed by atoms with Gasteiger partial charge in [0.15, 0.2) is 0 Å². The molecule has 2 saturated heterocycles. The molecule has 0 unspecified atom stereocenters. The highest BCUT2D eigenvalue weighted by Gasteiger charge is 2.37. The van der Waals surface area contributed by atoms with Crippen molar-refractivity contribution in [2.24, 2.45) is 0 Å². The first-order chi connectivity index (χ1) is 12.1. The molecular formula is C19H30FN3O2. The highest BCUT2D eigenvalue weighted by molar-refractivity contribution is 5.27. The van der Waals surface area contributed by atoms with E-state index in [1.165, 1.54) is 5.56 Å². The second kappa shape index (κ2) is 8.45. The van der Waals surface area contributed by atoms with Crippen molar-refractivity contribution in [3.63, 3.8) is 0 Å². The summed E-state index contributed by atoms with van der Waals surface area (Å²) in [5.74, 6) is 0.703. The first-order valence-electron chi connectivity index (χ1n) is 9.20. The number of nitrogens with zero attached hydrogens (tertiary/aromatic N) is 3. The zero-order valence-corrected chi connectivity index (χ0v) is 15.2. The van der Waals surface area contributed by atoms with Gasteiger partial charge in [-0.1, -0.05) is 12.1 Å². The lowest BCUT2D eigenvalue weighted by Gasteiger charge is -2.36. The van der Waals surface area contributed by atoms with Crippen LogP contribution < -0.4 is 4.74 Å². The fourth-order valence-corrected chi connectivity index (χ4v) is 3.73. The van der Waals surface area contributed by atoms with Crippen LogP contribution in [0.2, 0.25) is 0 Å². The Bertz CT molecular complexity index is 534. The Hall–Kier alpha value is -1.21. The molecule has 0 radical (unpaired) electrons. The quantitative estimate of drug-likeness (QED) is 0.800. The van der Waals surface area contributed by atoms with Gasteiger partial charge in [0.25, 0.3) is 0 Å². The van der Waals surface area contributed by atoms with Gasteiger partial charge in [-0.05, 0) is 31.2 Å². The monoisotopic (exact) mass is 351 g/mol. The van der Waals surface area contributed by atoms with Gasteiger partial charge in [0.1, 0.15) is 19.0 Å². The molecule has 3 rings (SSSR count). The average Bonchev–Trinajstić information content (AvgIpc) is 2.97. The van der Waals surface area contributed by atoms with Crippen molar-refractivity contribution in [2.75, 3.05) is 66.1 Å². The van der Waals surface area contributed by atoms with Crippen LogP contribution in [0.3, 0.4) is 0 Å². The molecule has 0 spiro atoms. The largest absolute Gasteiger partial charge is 0.491 e. The van der Waals surface area contributed by atoms with Gasteiger partial charge >= 0.3 is 0 Å². The number of hydrogen-bond acceptors (Lipinski definition) is 5. The van der Waals surface area contributed by atoms with Gasteiger partial charge in [-0.25, -0.2) is 4.39 Å². The highest BCUT2D eigenvalue weighted by Crippen LogP contribution is 2.25. The van der Waals surface area contributed by atoms with E-state index in [1.807, 2.05) is 24.3 Å². The molecule has 1 aromatic rings. The first kappa shape index (κ1) is 18.6. The second-order valence-electron chi connectivity index (χ2n) is 7.45. The fourth-order valence-electron chi connectivity index (χ4n) is 3.73. The van der Waals surface area contributed by atoms with E-state index in [2.05, 4.69) is 21.7 Å². The lowest BCUT2D eigenvalue weighted by atomic mass is 10.0. The van der Waals surface area contributed by atoms with Crippen LogP contribution in [0.1, 0.15) is 12.0 Å². The molecular weight excluding hydrogens is 321 g/mol. The zero-order chi connectivity index (χ0) is 17.7. The van der Waals surface area contributed by atoms with Crippen LogP contribution >= 0.6 is 0 Å². The molecule has 140 valence electrons. The van der Waals surface area contributed by atoms with E-state index in [0.29, 0.717) is 5.75 Å². The molecule has 6 heteroatoms. The molecule has 2 heterocycles. The van der Waals surface area contributed by atoms with Crippen molar-refractivity contribution in [2.45, 2.75) is 18.6 Å². The van der Waals surface area contributed by atoms with Crippen LogP contribution in [0.15, 0.2) is 24.3 Å². The number of β-amino-alcohol motifs (C(OH)–C–C–N with tert-alkyl or cyclic N) is 1. The van der Waals surface area contributed by atoms with Gasteiger partial charge in [0.2, 0.25) is 0 Å². The van der Waals surface area contributed by atoms with Crippen molar-refractivity contribution in [3.8, 4) is 5.75 Å². The first-order valence-corrected chi connectivity index (χ1v) is 9.20. The van der Waals surface area contributed by atoms with E-state index >= 15 is 0 Å². The number of hydrogen-bond donors (Lipinski definition) is 1. The minimum Gasteiger partial charge on any atom is -0.491 e. The molecule has 1 atom stereocenters. The van der Waals surface area contributed by atoms with E-state index < -0.39 is 12.3 Å². The van der Waals surface area contributed by atoms with Gasteiger partial charge in [-0.2, -0.15) is 0 Å². The van der Waals surface area contributed by atoms with Crippen LogP contribution in [0, 0.1) is 0 Å². The molecule has 1 N–H and O–H groups in total. The number of benzene rings is 1. The van der Waals surface area contributed by atoms with Gasteiger partial charge in [0, 0.05) is 52.4 Å². The summed E-state index contributed by atoms with van der Waals surface area (Å²) in [5.41, 5.74) is 0.594. The normalized spacial score (nSPS) is 26.2. The molecule has 25 heavy (non-hydrogen) atoms. The van der Waals surface area contributed by atoms with E-state index in [-0.39, 0.29) is 6.61 Å². The molecule has 2 aliphatic rings. The van der Waals surface area contributed by atoms with Crippen molar-refractivity contribution >= 4 is 0 Å². The molecule has 1 aromatic carbocycles. The fraction of sp³-hybridized carbons (Fsp3) is 0.684. The molecule has 5 nitrogen and oxygen atoms in total. The third-order valence-corrected chi connectivity index (χ3v) is 5.20. The molecule has 0 amide bonds. The minimum absolute atomic E-state index is 0.102. The van der Waals surface area contributed by atoms with E-state index in [1.54, 1.807) is 0 Å². The molecule has 2 aliphatic heterocycles. The summed E-state index contributed by atoms with van der Waals surface area (Å²) in [7, 11) is 2.15. The average molecular weight is 351 g/mol. The van der Waals surface area contributed by atoms with Crippen molar-refractivity contribution in [1.29, 1.82) is 0 Å². The Balaban J connectivity index is 1.47. The third-order valence-electron chi connectivity index (χ3n) is 5.20. The topological polar surface area (TPSA) is 39.2 Å². The maximum atomic E-state index is 12.1. The lowest BCUT2D eigenvalue weighted by molar-refractivity contribution is -0.000369. The second-order valence-corrected chi connectivity index (χ2v) is 7.45.